The van der Waals surface area contributed by atoms with Crippen molar-refractivity contribution in [1.29, 1.82) is 0 Å². The van der Waals surface area contributed by atoms with Crippen LogP contribution in [-0.4, -0.2) is 82.9 Å². The SMILES string of the molecule is COc1cccc(OC)c1-n1c(NS(=O)(=O)[C@H]2C[C@H](OC(C)C)CN(c3ncc(F)cn3)C2)nnc1-c1cccnc1. The number of ether oxygens (including phenoxy) is 3. The van der Waals surface area contributed by atoms with Gasteiger partial charge >= 0.3 is 0 Å². The molecule has 0 unspecified atom stereocenters. The topological polar surface area (TPSA) is 146 Å². The molecule has 1 N–H and O–H groups in total. The average Bonchev–Trinajstić information content (AvgIpc) is 3.39. The Kier molecular flexibility index (Phi) is 8.49. The van der Waals surface area contributed by atoms with Crippen molar-refractivity contribution >= 4 is 21.9 Å². The summed E-state index contributed by atoms with van der Waals surface area (Å²) in [5.41, 5.74) is 0.987. The summed E-state index contributed by atoms with van der Waals surface area (Å²) in [5, 5.41) is 7.58. The molecule has 15 heteroatoms. The van der Waals surface area contributed by atoms with E-state index in [9.17, 15) is 12.8 Å². The second kappa shape index (κ2) is 12.2. The van der Waals surface area contributed by atoms with Gasteiger partial charge in [0.2, 0.25) is 21.9 Å². The van der Waals surface area contributed by atoms with Crippen molar-refractivity contribution in [3.05, 3.63) is 60.9 Å². The number of pyridine rings is 1. The van der Waals surface area contributed by atoms with Gasteiger partial charge < -0.3 is 19.1 Å². The minimum absolute atomic E-state index is 0.0422. The van der Waals surface area contributed by atoms with Gasteiger partial charge in [-0.2, -0.15) is 0 Å². The molecule has 0 radical (unpaired) electrons. The summed E-state index contributed by atoms with van der Waals surface area (Å²) < 4.78 is 62.9. The third kappa shape index (κ3) is 6.11. The van der Waals surface area contributed by atoms with Crippen molar-refractivity contribution in [3.8, 4) is 28.6 Å². The predicted molar refractivity (Wildman–Crippen MR) is 153 cm³/mol. The summed E-state index contributed by atoms with van der Waals surface area (Å²) in [5.74, 6) is 0.661. The molecule has 2 atom stereocenters. The first kappa shape index (κ1) is 29.1. The summed E-state index contributed by atoms with van der Waals surface area (Å²) in [6.07, 6.45) is 4.89. The molecule has 0 saturated carbocycles. The number of para-hydroxylation sites is 1. The monoisotopic (exact) mass is 598 g/mol. The van der Waals surface area contributed by atoms with Crippen LogP contribution in [0.15, 0.2) is 55.1 Å². The molecule has 0 aliphatic carbocycles. The molecule has 3 aromatic heterocycles. The predicted octanol–water partition coefficient (Wildman–Crippen LogP) is 3.09. The number of nitrogens with one attached hydrogen (secondary N) is 1. The van der Waals surface area contributed by atoms with Gasteiger partial charge in [-0.3, -0.25) is 14.3 Å². The van der Waals surface area contributed by atoms with Gasteiger partial charge in [0.25, 0.3) is 0 Å². The van der Waals surface area contributed by atoms with E-state index < -0.39 is 27.2 Å². The molecule has 1 aliphatic rings. The zero-order chi connectivity index (χ0) is 29.9. The largest absolute Gasteiger partial charge is 0.494 e. The molecule has 4 heterocycles. The normalized spacial score (nSPS) is 17.3. The average molecular weight is 599 g/mol. The third-order valence-electron chi connectivity index (χ3n) is 6.61. The van der Waals surface area contributed by atoms with Crippen LogP contribution >= 0.6 is 0 Å². The van der Waals surface area contributed by atoms with Gasteiger partial charge in [0.05, 0.1) is 38.8 Å². The van der Waals surface area contributed by atoms with Crippen LogP contribution in [0, 0.1) is 5.82 Å². The Morgan fingerprint density at radius 3 is 2.33 bits per heavy atom. The Bertz CT molecular complexity index is 1600. The first-order valence-electron chi connectivity index (χ1n) is 13.2. The summed E-state index contributed by atoms with van der Waals surface area (Å²) in [6, 6.07) is 8.71. The van der Waals surface area contributed by atoms with E-state index >= 15 is 0 Å². The maximum atomic E-state index is 14.0. The van der Waals surface area contributed by atoms with Gasteiger partial charge in [-0.15, -0.1) is 10.2 Å². The van der Waals surface area contributed by atoms with Crippen molar-refractivity contribution in [1.82, 2.24) is 29.7 Å². The number of sulfonamides is 1. The number of hydrogen-bond acceptors (Lipinski definition) is 11. The number of piperidine rings is 1. The molecule has 1 aromatic carbocycles. The number of rotatable bonds is 10. The number of hydrogen-bond donors (Lipinski definition) is 1. The second-order valence-electron chi connectivity index (χ2n) is 9.85. The van der Waals surface area contributed by atoms with E-state index in [1.54, 1.807) is 47.6 Å². The zero-order valence-corrected chi connectivity index (χ0v) is 24.3. The molecule has 0 amide bonds. The van der Waals surface area contributed by atoms with Crippen LogP contribution in [0.5, 0.6) is 11.5 Å². The quantitative estimate of drug-likeness (QED) is 0.287. The van der Waals surface area contributed by atoms with Gasteiger partial charge in [0.1, 0.15) is 22.4 Å². The molecular weight excluding hydrogens is 567 g/mol. The first-order valence-corrected chi connectivity index (χ1v) is 14.7. The zero-order valence-electron chi connectivity index (χ0n) is 23.5. The molecule has 222 valence electrons. The van der Waals surface area contributed by atoms with Crippen molar-refractivity contribution in [3.63, 3.8) is 0 Å². The number of anilines is 2. The Morgan fingerprint density at radius 1 is 1.00 bits per heavy atom. The third-order valence-corrected chi connectivity index (χ3v) is 8.29. The van der Waals surface area contributed by atoms with Crippen molar-refractivity contribution in [2.75, 3.05) is 36.9 Å². The lowest BCUT2D eigenvalue weighted by Gasteiger charge is -2.37. The molecule has 0 spiro atoms. The molecule has 1 aliphatic heterocycles. The van der Waals surface area contributed by atoms with Crippen LogP contribution in [0.25, 0.3) is 17.1 Å². The van der Waals surface area contributed by atoms with Gasteiger partial charge in [0, 0.05) is 31.0 Å². The Labute approximate surface area is 242 Å². The fourth-order valence-electron chi connectivity index (χ4n) is 4.86. The van der Waals surface area contributed by atoms with Crippen LogP contribution in [-0.2, 0) is 14.8 Å². The van der Waals surface area contributed by atoms with Crippen LogP contribution in [0.2, 0.25) is 0 Å². The number of nitrogens with zero attached hydrogens (tertiary/aromatic N) is 7. The molecule has 42 heavy (non-hydrogen) atoms. The van der Waals surface area contributed by atoms with Crippen molar-refractivity contribution in [2.24, 2.45) is 0 Å². The highest BCUT2D eigenvalue weighted by atomic mass is 32.2. The van der Waals surface area contributed by atoms with Crippen LogP contribution < -0.4 is 19.1 Å². The van der Waals surface area contributed by atoms with E-state index in [-0.39, 0.29) is 31.0 Å². The highest BCUT2D eigenvalue weighted by Crippen LogP contribution is 2.38. The van der Waals surface area contributed by atoms with Gasteiger partial charge in [0.15, 0.2) is 11.6 Å². The molecule has 13 nitrogen and oxygen atoms in total. The summed E-state index contributed by atoms with van der Waals surface area (Å²) in [6.45, 7) is 4.13. The highest BCUT2D eigenvalue weighted by Gasteiger charge is 2.38. The van der Waals surface area contributed by atoms with Gasteiger partial charge in [-0.25, -0.2) is 22.8 Å². The van der Waals surface area contributed by atoms with E-state index in [1.807, 2.05) is 13.8 Å². The van der Waals surface area contributed by atoms with Crippen molar-refractivity contribution in [2.45, 2.75) is 37.7 Å². The highest BCUT2D eigenvalue weighted by molar-refractivity contribution is 7.93. The number of aromatic nitrogens is 6. The lowest BCUT2D eigenvalue weighted by molar-refractivity contribution is 0.00147. The summed E-state index contributed by atoms with van der Waals surface area (Å²) >= 11 is 0. The van der Waals surface area contributed by atoms with Crippen LogP contribution in [0.1, 0.15) is 20.3 Å². The smallest absolute Gasteiger partial charge is 0.243 e. The summed E-state index contributed by atoms with van der Waals surface area (Å²) in [4.78, 5) is 14.0. The van der Waals surface area contributed by atoms with Crippen LogP contribution in [0.3, 0.4) is 0 Å². The fraction of sp³-hybridized carbons (Fsp3) is 0.370. The van der Waals surface area contributed by atoms with Gasteiger partial charge in [-0.1, -0.05) is 6.07 Å². The second-order valence-corrected chi connectivity index (χ2v) is 11.8. The summed E-state index contributed by atoms with van der Waals surface area (Å²) in [7, 11) is -1.12. The number of benzene rings is 1. The maximum Gasteiger partial charge on any atom is 0.243 e. The Balaban J connectivity index is 1.56. The number of methoxy groups -OCH3 is 2. The molecular formula is C27H31FN8O5S. The van der Waals surface area contributed by atoms with E-state index in [2.05, 4.69) is 29.9 Å². The minimum atomic E-state index is -4.11. The molecule has 1 saturated heterocycles. The van der Waals surface area contributed by atoms with Crippen molar-refractivity contribution < 1.29 is 27.0 Å². The van der Waals surface area contributed by atoms with E-state index in [4.69, 9.17) is 14.2 Å². The first-order chi connectivity index (χ1) is 20.2. The Hall–Kier alpha value is -4.37. The number of halogens is 1. The van der Waals surface area contributed by atoms with Crippen LogP contribution in [0.4, 0.5) is 16.3 Å². The molecule has 0 bridgehead atoms. The molecule has 4 aromatic rings. The lowest BCUT2D eigenvalue weighted by Crippen LogP contribution is -2.51. The molecule has 1 fully saturated rings. The van der Waals surface area contributed by atoms with Gasteiger partial charge in [-0.05, 0) is 44.5 Å². The fourth-order valence-corrected chi connectivity index (χ4v) is 6.25. The van der Waals surface area contributed by atoms with E-state index in [0.29, 0.717) is 35.1 Å². The minimum Gasteiger partial charge on any atom is -0.494 e. The van der Waals surface area contributed by atoms with E-state index in [0.717, 1.165) is 12.4 Å². The lowest BCUT2D eigenvalue weighted by atomic mass is 10.1. The van der Waals surface area contributed by atoms with E-state index in [1.165, 1.54) is 18.8 Å². The standard InChI is InChI=1S/C27H31FN8O5S/c1-17(2)41-20-11-21(16-35(15-20)26-30-13-19(28)14-31-26)42(37,38)34-27-33-32-25(18-7-6-10-29-12-18)36(27)24-22(39-3)8-5-9-23(24)40-4/h5-10,12-14,17,20-21H,11,15-16H2,1-4H3,(H,33,34)/t20-,21-/m0/s1. The molecule has 5 rings (SSSR count). The Morgan fingerprint density at radius 2 is 1.71 bits per heavy atom. The maximum absolute atomic E-state index is 14.0.